The summed E-state index contributed by atoms with van der Waals surface area (Å²) < 4.78 is 0. The van der Waals surface area contributed by atoms with Gasteiger partial charge in [-0.05, 0) is 62.1 Å². The Hall–Kier alpha value is -2.43. The van der Waals surface area contributed by atoms with Crippen LogP contribution in [0.3, 0.4) is 0 Å². The molecule has 4 atom stereocenters. The smallest absolute Gasteiger partial charge is 0.290 e. The number of likely N-dealkylation sites (tertiary alicyclic amines) is 1. The van der Waals surface area contributed by atoms with Crippen LogP contribution in [0.25, 0.3) is 0 Å². The molecule has 2 N–H and O–H groups in total. The fraction of sp³-hybridized carbons (Fsp3) is 0.654. The van der Waals surface area contributed by atoms with Gasteiger partial charge in [-0.1, -0.05) is 31.0 Å². The van der Waals surface area contributed by atoms with Crippen molar-refractivity contribution >= 4 is 12.4 Å². The number of nitrogens with one attached hydrogen (secondary N) is 1. The summed E-state index contributed by atoms with van der Waals surface area (Å²) in [7, 11) is 0. The first-order valence-corrected chi connectivity index (χ1v) is 12.5. The molecule has 178 valence electrons. The zero-order valence-corrected chi connectivity index (χ0v) is 19.4. The molecule has 1 aliphatic carbocycles. The lowest BCUT2D eigenvalue weighted by atomic mass is 9.72. The van der Waals surface area contributed by atoms with Gasteiger partial charge in [0.1, 0.15) is 0 Å². The SMILES string of the molecule is N#Cc1ccccc1CN1C[C@H]2C[C@@H](C1)[C@H](CNC(=O)C1CCC1)N1CCCC[C@@H]21.O=CO. The van der Waals surface area contributed by atoms with Crippen LogP contribution in [-0.2, 0) is 16.1 Å². The van der Waals surface area contributed by atoms with Gasteiger partial charge in [-0.2, -0.15) is 5.26 Å². The third-order valence-electron chi connectivity index (χ3n) is 8.19. The summed E-state index contributed by atoms with van der Waals surface area (Å²) in [5.41, 5.74) is 1.95. The van der Waals surface area contributed by atoms with Crippen molar-refractivity contribution in [1.29, 1.82) is 5.26 Å². The topological polar surface area (TPSA) is 96.7 Å². The Labute approximate surface area is 196 Å². The second kappa shape index (κ2) is 11.1. The van der Waals surface area contributed by atoms with Crippen LogP contribution in [0.2, 0.25) is 0 Å². The average molecular weight is 453 g/mol. The third-order valence-corrected chi connectivity index (χ3v) is 8.19. The summed E-state index contributed by atoms with van der Waals surface area (Å²) in [6, 6.07) is 11.5. The zero-order chi connectivity index (χ0) is 23.2. The van der Waals surface area contributed by atoms with Crippen molar-refractivity contribution in [2.45, 2.75) is 63.6 Å². The van der Waals surface area contributed by atoms with Crippen LogP contribution >= 0.6 is 0 Å². The largest absolute Gasteiger partial charge is 0.483 e. The maximum Gasteiger partial charge on any atom is 0.290 e. The van der Waals surface area contributed by atoms with Crippen LogP contribution in [0.4, 0.5) is 0 Å². The molecule has 1 aromatic rings. The molecule has 3 aliphatic heterocycles. The standard InChI is InChI=1S/C25H34N4O.CH2O2/c26-13-19-6-1-2-7-20(19)15-28-16-21-12-22(17-28)24(29-11-4-3-10-23(21)29)14-27-25(30)18-8-5-9-18;2-1-3/h1-2,6-7,18,21-24H,3-5,8-12,14-17H2,(H,27,30);1H,(H,2,3)/t21-,22+,23+,24+;/m1./s1. The van der Waals surface area contributed by atoms with Crippen molar-refractivity contribution in [2.24, 2.45) is 17.8 Å². The molecule has 0 aromatic heterocycles. The van der Waals surface area contributed by atoms with Crippen molar-refractivity contribution in [2.75, 3.05) is 26.2 Å². The highest BCUT2D eigenvalue weighted by atomic mass is 16.3. The van der Waals surface area contributed by atoms with Gasteiger partial charge in [-0.25, -0.2) is 0 Å². The molecule has 7 heteroatoms. The number of nitriles is 1. The quantitative estimate of drug-likeness (QED) is 0.667. The first kappa shape index (κ1) is 23.7. The maximum atomic E-state index is 12.5. The maximum absolute atomic E-state index is 12.5. The number of hydrogen-bond donors (Lipinski definition) is 2. The predicted molar refractivity (Wildman–Crippen MR) is 125 cm³/mol. The Morgan fingerprint density at radius 1 is 1.15 bits per heavy atom. The number of carbonyl (C=O) groups excluding carboxylic acids is 1. The van der Waals surface area contributed by atoms with Crippen molar-refractivity contribution in [1.82, 2.24) is 15.1 Å². The zero-order valence-electron chi connectivity index (χ0n) is 19.4. The number of nitrogens with zero attached hydrogens (tertiary/aromatic N) is 3. The molecule has 0 radical (unpaired) electrons. The second-order valence-electron chi connectivity index (χ2n) is 10.1. The minimum Gasteiger partial charge on any atom is -0.483 e. The van der Waals surface area contributed by atoms with E-state index in [0.717, 1.165) is 56.1 Å². The van der Waals surface area contributed by atoms with E-state index in [2.05, 4.69) is 27.3 Å². The van der Waals surface area contributed by atoms with Gasteiger partial charge < -0.3 is 10.4 Å². The summed E-state index contributed by atoms with van der Waals surface area (Å²) in [5.74, 6) is 1.88. The monoisotopic (exact) mass is 452 g/mol. The molecule has 1 amide bonds. The molecular weight excluding hydrogens is 416 g/mol. The summed E-state index contributed by atoms with van der Waals surface area (Å²) in [6.07, 6.45) is 8.57. The molecule has 4 fully saturated rings. The summed E-state index contributed by atoms with van der Waals surface area (Å²) >= 11 is 0. The Morgan fingerprint density at radius 2 is 1.91 bits per heavy atom. The summed E-state index contributed by atoms with van der Waals surface area (Å²) in [5, 5.41) is 19.7. The van der Waals surface area contributed by atoms with Crippen molar-refractivity contribution in [3.05, 3.63) is 35.4 Å². The lowest BCUT2D eigenvalue weighted by molar-refractivity contribution is -0.129. The molecule has 1 saturated carbocycles. The van der Waals surface area contributed by atoms with Gasteiger partial charge in [-0.3, -0.25) is 19.4 Å². The Balaban J connectivity index is 0.000000821. The van der Waals surface area contributed by atoms with Crippen LogP contribution in [0, 0.1) is 29.1 Å². The van der Waals surface area contributed by atoms with Crippen molar-refractivity contribution < 1.29 is 14.7 Å². The number of piperidine rings is 3. The number of fused-ring (bicyclic) bond motifs is 4. The van der Waals surface area contributed by atoms with Gasteiger partial charge in [0.25, 0.3) is 6.47 Å². The average Bonchev–Trinajstić information content (AvgIpc) is 2.79. The first-order chi connectivity index (χ1) is 16.1. The van der Waals surface area contributed by atoms with E-state index < -0.39 is 0 Å². The minimum absolute atomic E-state index is 0.250. The number of hydrogen-bond acceptors (Lipinski definition) is 5. The van der Waals surface area contributed by atoms with Gasteiger partial charge in [0, 0.05) is 44.2 Å². The number of benzene rings is 1. The van der Waals surface area contributed by atoms with Crippen LogP contribution in [0.15, 0.2) is 24.3 Å². The highest BCUT2D eigenvalue weighted by molar-refractivity contribution is 5.79. The van der Waals surface area contributed by atoms with Crippen LogP contribution in [-0.4, -0.2) is 65.5 Å². The van der Waals surface area contributed by atoms with Gasteiger partial charge >= 0.3 is 0 Å². The highest BCUT2D eigenvalue weighted by Crippen LogP contribution is 2.41. The Morgan fingerprint density at radius 3 is 2.64 bits per heavy atom. The molecule has 7 nitrogen and oxygen atoms in total. The van der Waals surface area contributed by atoms with Crippen LogP contribution in [0.5, 0.6) is 0 Å². The molecule has 5 rings (SSSR count). The van der Waals surface area contributed by atoms with Crippen molar-refractivity contribution in [3.63, 3.8) is 0 Å². The van der Waals surface area contributed by atoms with E-state index in [9.17, 15) is 10.1 Å². The summed E-state index contributed by atoms with van der Waals surface area (Å²) in [6.45, 7) is 4.83. The first-order valence-electron chi connectivity index (χ1n) is 12.5. The van der Waals surface area contributed by atoms with Gasteiger partial charge in [0.05, 0.1) is 11.6 Å². The fourth-order valence-electron chi connectivity index (χ4n) is 6.44. The van der Waals surface area contributed by atoms with E-state index in [1.807, 2.05) is 18.2 Å². The molecule has 3 saturated heterocycles. The minimum atomic E-state index is -0.250. The molecule has 4 aliphatic rings. The van der Waals surface area contributed by atoms with Gasteiger partial charge in [0.15, 0.2) is 0 Å². The third kappa shape index (κ3) is 5.39. The Bertz CT molecular complexity index is 865. The molecule has 33 heavy (non-hydrogen) atoms. The van der Waals surface area contributed by atoms with E-state index in [1.165, 1.54) is 38.6 Å². The number of carbonyl (C=O) groups is 2. The molecule has 0 unspecified atom stereocenters. The van der Waals surface area contributed by atoms with E-state index in [1.54, 1.807) is 0 Å². The fourth-order valence-corrected chi connectivity index (χ4v) is 6.44. The molecule has 1 aromatic carbocycles. The van der Waals surface area contributed by atoms with E-state index >= 15 is 0 Å². The number of rotatable bonds is 5. The molecule has 3 heterocycles. The normalized spacial score (nSPS) is 29.4. The van der Waals surface area contributed by atoms with Gasteiger partial charge in [-0.15, -0.1) is 0 Å². The second-order valence-corrected chi connectivity index (χ2v) is 10.1. The molecule has 2 bridgehead atoms. The van der Waals surface area contributed by atoms with Crippen molar-refractivity contribution in [3.8, 4) is 6.07 Å². The lowest BCUT2D eigenvalue weighted by Crippen LogP contribution is -2.65. The van der Waals surface area contributed by atoms with E-state index in [4.69, 9.17) is 9.90 Å². The van der Waals surface area contributed by atoms with E-state index in [-0.39, 0.29) is 18.3 Å². The molecule has 0 spiro atoms. The van der Waals surface area contributed by atoms with Gasteiger partial charge in [0.2, 0.25) is 5.91 Å². The summed E-state index contributed by atoms with van der Waals surface area (Å²) in [4.78, 5) is 26.2. The molecular formula is C26H36N4O3. The Kier molecular flexibility index (Phi) is 8.00. The van der Waals surface area contributed by atoms with Crippen LogP contribution < -0.4 is 5.32 Å². The number of carboxylic acid groups (broad SMARTS) is 1. The lowest BCUT2D eigenvalue weighted by Gasteiger charge is -2.57. The highest BCUT2D eigenvalue weighted by Gasteiger charge is 2.47. The van der Waals surface area contributed by atoms with E-state index in [0.29, 0.717) is 18.0 Å². The van der Waals surface area contributed by atoms with Crippen LogP contribution in [0.1, 0.15) is 56.1 Å². The predicted octanol–water partition coefficient (Wildman–Crippen LogP) is 2.85. The number of amides is 1.